The number of halogens is 2. The van der Waals surface area contributed by atoms with Crippen LogP contribution in [0.25, 0.3) is 0 Å². The van der Waals surface area contributed by atoms with Crippen LogP contribution in [-0.4, -0.2) is 18.6 Å². The normalized spacial score (nSPS) is 11.0. The second kappa shape index (κ2) is 7.17. The van der Waals surface area contributed by atoms with E-state index in [9.17, 15) is 13.2 Å². The molecule has 0 radical (unpaired) electrons. The summed E-state index contributed by atoms with van der Waals surface area (Å²) in [6, 6.07) is 12.7. The molecule has 2 rings (SSSR count). The molecule has 23 heavy (non-hydrogen) atoms. The Kier molecular flexibility index (Phi) is 5.46. The fraction of sp³-hybridized carbons (Fsp3) is 0.0625. The fourth-order valence-electron chi connectivity index (χ4n) is 1.94. The third-order valence-electron chi connectivity index (χ3n) is 3.01. The number of amides is 1. The minimum atomic E-state index is -4.11. The van der Waals surface area contributed by atoms with E-state index >= 15 is 0 Å². The summed E-state index contributed by atoms with van der Waals surface area (Å²) in [4.78, 5) is 11.9. The lowest BCUT2D eigenvalue weighted by molar-refractivity contribution is -0.121. The highest BCUT2D eigenvalue weighted by Crippen LogP contribution is 2.26. The van der Waals surface area contributed by atoms with E-state index in [0.29, 0.717) is 5.56 Å². The van der Waals surface area contributed by atoms with Gasteiger partial charge in [0.15, 0.2) is 0 Å². The first kappa shape index (κ1) is 17.5. The molecular formula is C16H13Cl2NO3S. The van der Waals surface area contributed by atoms with Gasteiger partial charge in [-0.1, -0.05) is 60.1 Å². The number of benzene rings is 2. The summed E-state index contributed by atoms with van der Waals surface area (Å²) in [5, 5.41) is 0.337. The van der Waals surface area contributed by atoms with Gasteiger partial charge in [0.05, 0.1) is 11.4 Å². The highest BCUT2D eigenvalue weighted by Gasteiger charge is 2.28. The van der Waals surface area contributed by atoms with Gasteiger partial charge in [0.2, 0.25) is 0 Å². The lowest BCUT2D eigenvalue weighted by Crippen LogP contribution is -2.35. The van der Waals surface area contributed by atoms with Crippen molar-refractivity contribution in [2.45, 2.75) is 11.4 Å². The maximum Gasteiger partial charge on any atom is 0.267 e. The summed E-state index contributed by atoms with van der Waals surface area (Å²) >= 11 is 11.7. The number of hydrogen-bond acceptors (Lipinski definition) is 3. The van der Waals surface area contributed by atoms with Crippen molar-refractivity contribution in [1.82, 2.24) is 4.31 Å². The molecule has 0 N–H and O–H groups in total. The van der Waals surface area contributed by atoms with Crippen LogP contribution in [0.2, 0.25) is 10.0 Å². The molecule has 2 aromatic rings. The molecule has 0 bridgehead atoms. The molecule has 0 saturated heterocycles. The first-order valence-electron chi connectivity index (χ1n) is 6.54. The van der Waals surface area contributed by atoms with Gasteiger partial charge in [-0.3, -0.25) is 4.79 Å². The second-order valence-electron chi connectivity index (χ2n) is 4.64. The SMILES string of the molecule is C=CC(=O)N(Cc1ccccc1)S(=O)(=O)c1cc(Cl)cc(Cl)c1. The lowest BCUT2D eigenvalue weighted by Gasteiger charge is -2.21. The number of hydrogen-bond donors (Lipinski definition) is 0. The van der Waals surface area contributed by atoms with Gasteiger partial charge >= 0.3 is 0 Å². The summed E-state index contributed by atoms with van der Waals surface area (Å²) < 4.78 is 26.3. The van der Waals surface area contributed by atoms with Crippen LogP contribution in [0.4, 0.5) is 0 Å². The third-order valence-corrected chi connectivity index (χ3v) is 5.17. The Morgan fingerprint density at radius 1 is 1.09 bits per heavy atom. The average Bonchev–Trinajstić information content (AvgIpc) is 2.52. The van der Waals surface area contributed by atoms with Gasteiger partial charge in [0, 0.05) is 10.0 Å². The van der Waals surface area contributed by atoms with Crippen molar-refractivity contribution < 1.29 is 13.2 Å². The number of nitrogens with zero attached hydrogens (tertiary/aromatic N) is 1. The Labute approximate surface area is 145 Å². The molecule has 0 atom stereocenters. The first-order valence-corrected chi connectivity index (χ1v) is 8.73. The zero-order chi connectivity index (χ0) is 17.0. The first-order chi connectivity index (χ1) is 10.8. The molecule has 0 aromatic heterocycles. The number of sulfonamides is 1. The minimum absolute atomic E-state index is 0.113. The maximum absolute atomic E-state index is 12.8. The van der Waals surface area contributed by atoms with Crippen LogP contribution >= 0.6 is 23.2 Å². The summed E-state index contributed by atoms with van der Waals surface area (Å²) in [5.41, 5.74) is 0.666. The molecule has 120 valence electrons. The average molecular weight is 370 g/mol. The van der Waals surface area contributed by atoms with Crippen LogP contribution < -0.4 is 0 Å². The van der Waals surface area contributed by atoms with Crippen molar-refractivity contribution in [3.8, 4) is 0 Å². The molecule has 0 aliphatic rings. The molecule has 4 nitrogen and oxygen atoms in total. The van der Waals surface area contributed by atoms with Crippen LogP contribution in [-0.2, 0) is 21.4 Å². The molecule has 0 unspecified atom stereocenters. The largest absolute Gasteiger partial charge is 0.269 e. The highest BCUT2D eigenvalue weighted by molar-refractivity contribution is 7.89. The van der Waals surface area contributed by atoms with E-state index in [1.165, 1.54) is 18.2 Å². The van der Waals surface area contributed by atoms with Crippen molar-refractivity contribution in [3.05, 3.63) is 76.8 Å². The standard InChI is InChI=1S/C16H13Cl2NO3S/c1-2-16(20)19(11-12-6-4-3-5-7-12)23(21,22)15-9-13(17)8-14(18)10-15/h2-10H,1,11H2. The van der Waals surface area contributed by atoms with Crippen molar-refractivity contribution in [2.24, 2.45) is 0 Å². The van der Waals surface area contributed by atoms with Gasteiger partial charge in [-0.15, -0.1) is 0 Å². The fourth-order valence-corrected chi connectivity index (χ4v) is 4.03. The van der Waals surface area contributed by atoms with Gasteiger partial charge < -0.3 is 0 Å². The quantitative estimate of drug-likeness (QED) is 0.751. The van der Waals surface area contributed by atoms with Crippen LogP contribution in [0.5, 0.6) is 0 Å². The molecule has 0 fully saturated rings. The molecular weight excluding hydrogens is 357 g/mol. The van der Waals surface area contributed by atoms with E-state index in [2.05, 4.69) is 6.58 Å². The maximum atomic E-state index is 12.8. The number of carbonyl (C=O) groups is 1. The number of carbonyl (C=O) groups excluding carboxylic acids is 1. The molecule has 0 aliphatic carbocycles. The molecule has 0 spiro atoms. The van der Waals surface area contributed by atoms with E-state index in [0.717, 1.165) is 10.4 Å². The molecule has 7 heteroatoms. The van der Waals surface area contributed by atoms with Crippen molar-refractivity contribution >= 4 is 39.1 Å². The Morgan fingerprint density at radius 3 is 2.17 bits per heavy atom. The van der Waals surface area contributed by atoms with E-state index < -0.39 is 15.9 Å². The van der Waals surface area contributed by atoms with E-state index in [1.54, 1.807) is 30.3 Å². The minimum Gasteiger partial charge on any atom is -0.269 e. The highest BCUT2D eigenvalue weighted by atomic mass is 35.5. The predicted molar refractivity (Wildman–Crippen MR) is 90.8 cm³/mol. The molecule has 0 heterocycles. The van der Waals surface area contributed by atoms with E-state index in [-0.39, 0.29) is 21.5 Å². The topological polar surface area (TPSA) is 54.5 Å². The third kappa shape index (κ3) is 4.13. The zero-order valence-corrected chi connectivity index (χ0v) is 14.3. The lowest BCUT2D eigenvalue weighted by atomic mass is 10.2. The molecule has 0 aliphatic heterocycles. The monoisotopic (exact) mass is 369 g/mol. The smallest absolute Gasteiger partial charge is 0.267 e. The second-order valence-corrected chi connectivity index (χ2v) is 7.38. The Balaban J connectivity index is 2.49. The van der Waals surface area contributed by atoms with Crippen LogP contribution in [0, 0.1) is 0 Å². The molecule has 1 amide bonds. The van der Waals surface area contributed by atoms with Crippen molar-refractivity contribution in [3.63, 3.8) is 0 Å². The summed E-state index contributed by atoms with van der Waals surface area (Å²) in [7, 11) is -4.11. The van der Waals surface area contributed by atoms with Crippen molar-refractivity contribution in [1.29, 1.82) is 0 Å². The van der Waals surface area contributed by atoms with Gasteiger partial charge in [0.25, 0.3) is 15.9 Å². The number of rotatable bonds is 5. The summed E-state index contributed by atoms with van der Waals surface area (Å²) in [5.74, 6) is -0.732. The van der Waals surface area contributed by atoms with Crippen molar-refractivity contribution in [2.75, 3.05) is 0 Å². The van der Waals surface area contributed by atoms with Crippen LogP contribution in [0.15, 0.2) is 66.1 Å². The summed E-state index contributed by atoms with van der Waals surface area (Å²) in [6.07, 6.45) is 0.951. The Bertz CT molecular complexity index is 815. The predicted octanol–water partition coefficient (Wildman–Crippen LogP) is 3.90. The van der Waals surface area contributed by atoms with E-state index in [1.807, 2.05) is 0 Å². The van der Waals surface area contributed by atoms with Crippen LogP contribution in [0.1, 0.15) is 5.56 Å². The van der Waals surface area contributed by atoms with Gasteiger partial charge in [0.1, 0.15) is 0 Å². The van der Waals surface area contributed by atoms with Crippen LogP contribution in [0.3, 0.4) is 0 Å². The summed E-state index contributed by atoms with van der Waals surface area (Å²) in [6.45, 7) is 3.24. The Morgan fingerprint density at radius 2 is 1.65 bits per heavy atom. The Hall–Kier alpha value is -1.82. The molecule has 2 aromatic carbocycles. The van der Waals surface area contributed by atoms with Gasteiger partial charge in [-0.05, 0) is 29.8 Å². The van der Waals surface area contributed by atoms with Gasteiger partial charge in [-0.25, -0.2) is 12.7 Å². The zero-order valence-electron chi connectivity index (χ0n) is 11.9. The molecule has 0 saturated carbocycles. The van der Waals surface area contributed by atoms with Gasteiger partial charge in [-0.2, -0.15) is 0 Å². The van der Waals surface area contributed by atoms with E-state index in [4.69, 9.17) is 23.2 Å².